The molecule has 2 aromatic carbocycles. The summed E-state index contributed by atoms with van der Waals surface area (Å²) in [6.45, 7) is 2.50. The number of hydrogen-bond donors (Lipinski definition) is 1. The van der Waals surface area contributed by atoms with Gasteiger partial charge in [0.1, 0.15) is 5.82 Å². The Morgan fingerprint density at radius 2 is 1.70 bits per heavy atom. The number of nitrogens with zero attached hydrogens (tertiary/aromatic N) is 1. The van der Waals surface area contributed by atoms with Gasteiger partial charge < -0.3 is 5.73 Å². The lowest BCUT2D eigenvalue weighted by Gasteiger charge is -2.16. The Balaban J connectivity index is 1.73. The van der Waals surface area contributed by atoms with Gasteiger partial charge in [0.15, 0.2) is 0 Å². The predicted octanol–water partition coefficient (Wildman–Crippen LogP) is 2.75. The third kappa shape index (κ3) is 2.74. The standard InChI is InChI=1S/C17H19FN2/c18-16-9-5-4-8-14(16)15-11-20(12-17(15)19)10-13-6-2-1-3-7-13/h1-9,15,17H,10-12,19H2/t15-,17-/m1/s1. The summed E-state index contributed by atoms with van der Waals surface area (Å²) >= 11 is 0. The lowest BCUT2D eigenvalue weighted by molar-refractivity contribution is 0.323. The number of halogens is 1. The number of hydrogen-bond acceptors (Lipinski definition) is 2. The Labute approximate surface area is 119 Å². The average molecular weight is 270 g/mol. The highest BCUT2D eigenvalue weighted by molar-refractivity contribution is 5.26. The first-order valence-corrected chi connectivity index (χ1v) is 7.00. The van der Waals surface area contributed by atoms with Crippen molar-refractivity contribution in [3.05, 3.63) is 71.5 Å². The second kappa shape index (κ2) is 5.73. The second-order valence-corrected chi connectivity index (χ2v) is 5.47. The first kappa shape index (κ1) is 13.3. The summed E-state index contributed by atoms with van der Waals surface area (Å²) in [4.78, 5) is 2.30. The van der Waals surface area contributed by atoms with Crippen LogP contribution in [0.15, 0.2) is 54.6 Å². The molecule has 2 N–H and O–H groups in total. The maximum atomic E-state index is 13.9. The third-order valence-electron chi connectivity index (χ3n) is 3.99. The van der Waals surface area contributed by atoms with Gasteiger partial charge in [0.25, 0.3) is 0 Å². The molecule has 0 saturated carbocycles. The molecule has 0 aliphatic carbocycles. The maximum Gasteiger partial charge on any atom is 0.126 e. The van der Waals surface area contributed by atoms with E-state index in [0.717, 1.165) is 25.2 Å². The molecular formula is C17H19FN2. The predicted molar refractivity (Wildman–Crippen MR) is 78.8 cm³/mol. The maximum absolute atomic E-state index is 13.9. The number of likely N-dealkylation sites (tertiary alicyclic amines) is 1. The van der Waals surface area contributed by atoms with Crippen molar-refractivity contribution in [3.8, 4) is 0 Å². The van der Waals surface area contributed by atoms with Crippen LogP contribution in [0.25, 0.3) is 0 Å². The van der Waals surface area contributed by atoms with E-state index in [2.05, 4.69) is 17.0 Å². The van der Waals surface area contributed by atoms with Crippen molar-refractivity contribution in [3.63, 3.8) is 0 Å². The topological polar surface area (TPSA) is 29.3 Å². The van der Waals surface area contributed by atoms with Crippen molar-refractivity contribution in [2.45, 2.75) is 18.5 Å². The number of rotatable bonds is 3. The fourth-order valence-corrected chi connectivity index (χ4v) is 2.99. The first-order chi connectivity index (χ1) is 9.74. The van der Waals surface area contributed by atoms with Gasteiger partial charge >= 0.3 is 0 Å². The van der Waals surface area contributed by atoms with Crippen molar-refractivity contribution in [2.24, 2.45) is 5.73 Å². The van der Waals surface area contributed by atoms with Gasteiger partial charge in [-0.3, -0.25) is 4.90 Å². The van der Waals surface area contributed by atoms with Crippen molar-refractivity contribution in [2.75, 3.05) is 13.1 Å². The van der Waals surface area contributed by atoms with Gasteiger partial charge in [-0.05, 0) is 17.2 Å². The molecule has 3 heteroatoms. The highest BCUT2D eigenvalue weighted by atomic mass is 19.1. The minimum absolute atomic E-state index is 0.00406. The molecular weight excluding hydrogens is 251 g/mol. The van der Waals surface area contributed by atoms with Crippen LogP contribution in [-0.4, -0.2) is 24.0 Å². The van der Waals surface area contributed by atoms with Crippen LogP contribution in [0.5, 0.6) is 0 Å². The molecule has 2 nitrogen and oxygen atoms in total. The molecule has 3 rings (SSSR count). The normalized spacial score (nSPS) is 23.1. The zero-order valence-electron chi connectivity index (χ0n) is 11.4. The van der Waals surface area contributed by atoms with Crippen LogP contribution in [0, 0.1) is 5.82 Å². The molecule has 1 aliphatic rings. The molecule has 104 valence electrons. The smallest absolute Gasteiger partial charge is 0.126 e. The fourth-order valence-electron chi connectivity index (χ4n) is 2.99. The zero-order chi connectivity index (χ0) is 13.9. The number of nitrogens with two attached hydrogens (primary N) is 1. The third-order valence-corrected chi connectivity index (χ3v) is 3.99. The fraction of sp³-hybridized carbons (Fsp3) is 0.294. The van der Waals surface area contributed by atoms with Gasteiger partial charge in [-0.1, -0.05) is 48.5 Å². The van der Waals surface area contributed by atoms with Gasteiger partial charge in [-0.25, -0.2) is 4.39 Å². The summed E-state index contributed by atoms with van der Waals surface area (Å²) in [6, 6.07) is 17.3. The van der Waals surface area contributed by atoms with E-state index in [-0.39, 0.29) is 17.8 Å². The van der Waals surface area contributed by atoms with E-state index in [1.54, 1.807) is 6.07 Å². The Morgan fingerprint density at radius 1 is 1.00 bits per heavy atom. The highest BCUT2D eigenvalue weighted by Gasteiger charge is 2.32. The van der Waals surface area contributed by atoms with Gasteiger partial charge in [0, 0.05) is 31.6 Å². The van der Waals surface area contributed by atoms with Crippen LogP contribution < -0.4 is 5.73 Å². The molecule has 0 bridgehead atoms. The summed E-state index contributed by atoms with van der Waals surface area (Å²) in [5.74, 6) is -0.0607. The second-order valence-electron chi connectivity index (χ2n) is 5.47. The molecule has 0 radical (unpaired) electrons. The van der Waals surface area contributed by atoms with Crippen molar-refractivity contribution >= 4 is 0 Å². The molecule has 0 amide bonds. The van der Waals surface area contributed by atoms with Crippen molar-refractivity contribution in [1.82, 2.24) is 4.90 Å². The van der Waals surface area contributed by atoms with E-state index in [1.807, 2.05) is 30.3 Å². The molecule has 0 unspecified atom stereocenters. The molecule has 2 aromatic rings. The van der Waals surface area contributed by atoms with Crippen LogP contribution >= 0.6 is 0 Å². The summed E-state index contributed by atoms with van der Waals surface area (Å²) in [7, 11) is 0. The molecule has 1 heterocycles. The van der Waals surface area contributed by atoms with Gasteiger partial charge in [0.05, 0.1) is 0 Å². The zero-order valence-corrected chi connectivity index (χ0v) is 11.4. The lowest BCUT2D eigenvalue weighted by Crippen LogP contribution is -2.29. The Hall–Kier alpha value is -1.71. The van der Waals surface area contributed by atoms with E-state index >= 15 is 0 Å². The van der Waals surface area contributed by atoms with E-state index < -0.39 is 0 Å². The molecule has 2 atom stereocenters. The Kier molecular flexibility index (Phi) is 3.81. The minimum atomic E-state index is -0.144. The summed E-state index contributed by atoms with van der Waals surface area (Å²) in [6.07, 6.45) is 0. The van der Waals surface area contributed by atoms with E-state index in [0.29, 0.717) is 0 Å². The quantitative estimate of drug-likeness (QED) is 0.929. The summed E-state index contributed by atoms with van der Waals surface area (Å²) in [5, 5.41) is 0. The SMILES string of the molecule is N[C@@H]1CN(Cc2ccccc2)C[C@@H]1c1ccccc1F. The summed E-state index contributed by atoms with van der Waals surface area (Å²) in [5.41, 5.74) is 8.23. The van der Waals surface area contributed by atoms with E-state index in [4.69, 9.17) is 5.73 Å². The monoisotopic (exact) mass is 270 g/mol. The molecule has 20 heavy (non-hydrogen) atoms. The van der Waals surface area contributed by atoms with Crippen LogP contribution in [0.2, 0.25) is 0 Å². The molecule has 0 spiro atoms. The van der Waals surface area contributed by atoms with E-state index in [9.17, 15) is 4.39 Å². The van der Waals surface area contributed by atoms with Crippen molar-refractivity contribution in [1.29, 1.82) is 0 Å². The molecule has 1 aliphatic heterocycles. The van der Waals surface area contributed by atoms with Crippen LogP contribution in [0.4, 0.5) is 4.39 Å². The number of benzene rings is 2. The highest BCUT2D eigenvalue weighted by Crippen LogP contribution is 2.29. The van der Waals surface area contributed by atoms with Crippen molar-refractivity contribution < 1.29 is 4.39 Å². The molecule has 1 fully saturated rings. The van der Waals surface area contributed by atoms with Gasteiger partial charge in [-0.2, -0.15) is 0 Å². The van der Waals surface area contributed by atoms with Crippen LogP contribution in [0.3, 0.4) is 0 Å². The lowest BCUT2D eigenvalue weighted by atomic mass is 9.94. The molecule has 1 saturated heterocycles. The minimum Gasteiger partial charge on any atom is -0.326 e. The van der Waals surface area contributed by atoms with Gasteiger partial charge in [0.2, 0.25) is 0 Å². The Bertz CT molecular complexity index is 570. The average Bonchev–Trinajstić information content (AvgIpc) is 2.81. The largest absolute Gasteiger partial charge is 0.326 e. The van der Waals surface area contributed by atoms with Gasteiger partial charge in [-0.15, -0.1) is 0 Å². The first-order valence-electron chi connectivity index (χ1n) is 7.00. The summed E-state index contributed by atoms with van der Waals surface area (Å²) < 4.78 is 13.9. The van der Waals surface area contributed by atoms with E-state index in [1.165, 1.54) is 11.6 Å². The van der Waals surface area contributed by atoms with Crippen LogP contribution in [0.1, 0.15) is 17.0 Å². The van der Waals surface area contributed by atoms with Crippen LogP contribution in [-0.2, 0) is 6.54 Å². The molecule has 0 aromatic heterocycles. The Morgan fingerprint density at radius 3 is 2.45 bits per heavy atom.